The first kappa shape index (κ1) is 14.5. The van der Waals surface area contributed by atoms with Crippen molar-refractivity contribution in [2.75, 3.05) is 0 Å². The van der Waals surface area contributed by atoms with E-state index in [1.165, 1.54) is 6.08 Å². The summed E-state index contributed by atoms with van der Waals surface area (Å²) in [4.78, 5) is 24.2. The maximum absolute atomic E-state index is 12.4. The van der Waals surface area contributed by atoms with E-state index < -0.39 is 0 Å². The molecular formula is C19H26O3. The van der Waals surface area contributed by atoms with Crippen LogP contribution in [0.5, 0.6) is 0 Å². The van der Waals surface area contributed by atoms with Crippen LogP contribution in [0, 0.1) is 34.5 Å². The largest absolute Gasteiger partial charge is 0.512 e. The Balaban J connectivity index is 1.73. The molecule has 3 nitrogen and oxygen atoms in total. The van der Waals surface area contributed by atoms with Crippen LogP contribution >= 0.6 is 0 Å². The zero-order chi connectivity index (χ0) is 15.7. The molecule has 3 fully saturated rings. The smallest absolute Gasteiger partial charge is 0.159 e. The predicted molar refractivity (Wildman–Crippen MR) is 83.2 cm³/mol. The monoisotopic (exact) mass is 302 g/mol. The summed E-state index contributed by atoms with van der Waals surface area (Å²) in [6, 6.07) is 0. The lowest BCUT2D eigenvalue weighted by molar-refractivity contribution is -0.138. The number of hydrogen-bond donors (Lipinski definition) is 1. The highest BCUT2D eigenvalue weighted by Gasteiger charge is 2.61. The second-order valence-corrected chi connectivity index (χ2v) is 8.55. The summed E-state index contributed by atoms with van der Waals surface area (Å²) in [5.41, 5.74) is -0.363. The summed E-state index contributed by atoms with van der Waals surface area (Å²) in [6.07, 6.45) is 7.95. The van der Waals surface area contributed by atoms with Gasteiger partial charge in [-0.3, -0.25) is 9.59 Å². The van der Waals surface area contributed by atoms with Crippen molar-refractivity contribution in [3.63, 3.8) is 0 Å². The lowest BCUT2D eigenvalue weighted by Crippen LogP contribution is -2.54. The van der Waals surface area contributed by atoms with Gasteiger partial charge in [0, 0.05) is 29.7 Å². The Bertz CT molecular complexity index is 577. The summed E-state index contributed by atoms with van der Waals surface area (Å²) in [5, 5.41) is 10.6. The number of allylic oxidation sites excluding steroid dienone is 2. The molecule has 22 heavy (non-hydrogen) atoms. The molecular weight excluding hydrogens is 276 g/mol. The van der Waals surface area contributed by atoms with Crippen molar-refractivity contribution in [2.45, 2.75) is 58.8 Å². The van der Waals surface area contributed by atoms with Gasteiger partial charge in [0.1, 0.15) is 11.5 Å². The van der Waals surface area contributed by atoms with Gasteiger partial charge in [-0.1, -0.05) is 13.8 Å². The minimum Gasteiger partial charge on any atom is -0.512 e. The number of carbonyl (C=O) groups excluding carboxylic acids is 2. The number of ketones is 2. The molecule has 1 N–H and O–H groups in total. The highest BCUT2D eigenvalue weighted by Crippen LogP contribution is 2.65. The normalized spacial score (nSPS) is 50.9. The molecule has 0 saturated heterocycles. The Morgan fingerprint density at radius 2 is 1.86 bits per heavy atom. The number of fused-ring (bicyclic) bond motifs is 5. The van der Waals surface area contributed by atoms with Gasteiger partial charge in [-0.2, -0.15) is 0 Å². The van der Waals surface area contributed by atoms with Gasteiger partial charge in [0.2, 0.25) is 0 Å². The fraction of sp³-hybridized carbons (Fsp3) is 0.789. The number of aliphatic hydroxyl groups excluding tert-OH is 1. The van der Waals surface area contributed by atoms with E-state index in [9.17, 15) is 14.7 Å². The van der Waals surface area contributed by atoms with Gasteiger partial charge in [-0.25, -0.2) is 0 Å². The fourth-order valence-corrected chi connectivity index (χ4v) is 6.52. The van der Waals surface area contributed by atoms with Crippen molar-refractivity contribution in [1.29, 1.82) is 0 Å². The van der Waals surface area contributed by atoms with Crippen molar-refractivity contribution in [3.05, 3.63) is 11.8 Å². The standard InChI is InChI=1S/C19H26O3/c1-18-8-7-15-13(14(18)5-6-16(18)21)4-3-11-9-12(20)10-17(22)19(11,15)2/h10-11,13-15,22H,3-9H2,1-2H3/t11?,13-,14-,15+,18-,19-/m0/s1. The number of carbonyl (C=O) groups is 2. The Morgan fingerprint density at radius 3 is 2.64 bits per heavy atom. The van der Waals surface area contributed by atoms with Crippen molar-refractivity contribution >= 4 is 11.6 Å². The number of Topliss-reactive ketones (excluding diaryl/α,β-unsaturated/α-hetero) is 1. The van der Waals surface area contributed by atoms with E-state index in [0.717, 1.165) is 38.5 Å². The zero-order valence-corrected chi connectivity index (χ0v) is 13.6. The molecule has 0 bridgehead atoms. The Kier molecular flexibility index (Phi) is 2.93. The van der Waals surface area contributed by atoms with Gasteiger partial charge in [-0.05, 0) is 55.8 Å². The Labute approximate surface area is 132 Å². The van der Waals surface area contributed by atoms with Gasteiger partial charge in [0.15, 0.2) is 5.78 Å². The highest BCUT2D eigenvalue weighted by molar-refractivity contribution is 5.91. The molecule has 120 valence electrons. The molecule has 0 aliphatic heterocycles. The lowest BCUT2D eigenvalue weighted by atomic mass is 9.46. The van der Waals surface area contributed by atoms with Crippen LogP contribution in [-0.4, -0.2) is 16.7 Å². The van der Waals surface area contributed by atoms with Crippen LogP contribution in [-0.2, 0) is 9.59 Å². The second-order valence-electron chi connectivity index (χ2n) is 8.55. The molecule has 3 saturated carbocycles. The zero-order valence-electron chi connectivity index (χ0n) is 13.6. The lowest BCUT2D eigenvalue weighted by Gasteiger charge is -2.58. The molecule has 3 heteroatoms. The SMILES string of the molecule is C[C@]12C(O)=CC(=O)CC1CC[C@@H]1[C@H]2CC[C@]2(C)C(=O)CC[C@@H]12. The minimum absolute atomic E-state index is 0.0788. The number of hydrogen-bond acceptors (Lipinski definition) is 3. The van der Waals surface area contributed by atoms with E-state index in [2.05, 4.69) is 13.8 Å². The summed E-state index contributed by atoms with van der Waals surface area (Å²) in [6.45, 7) is 4.35. The molecule has 4 aliphatic carbocycles. The summed E-state index contributed by atoms with van der Waals surface area (Å²) < 4.78 is 0. The van der Waals surface area contributed by atoms with E-state index in [-0.39, 0.29) is 22.5 Å². The van der Waals surface area contributed by atoms with Crippen LogP contribution in [0.2, 0.25) is 0 Å². The van der Waals surface area contributed by atoms with Gasteiger partial charge in [0.05, 0.1) is 0 Å². The number of rotatable bonds is 0. The van der Waals surface area contributed by atoms with Crippen molar-refractivity contribution in [2.24, 2.45) is 34.5 Å². The van der Waals surface area contributed by atoms with Crippen molar-refractivity contribution in [3.8, 4) is 0 Å². The van der Waals surface area contributed by atoms with Crippen LogP contribution in [0.25, 0.3) is 0 Å². The van der Waals surface area contributed by atoms with E-state index in [1.54, 1.807) is 0 Å². The summed E-state index contributed by atoms with van der Waals surface area (Å²) >= 11 is 0. The second kappa shape index (κ2) is 4.46. The third-order valence-electron chi connectivity index (χ3n) is 7.91. The third-order valence-corrected chi connectivity index (χ3v) is 7.91. The van der Waals surface area contributed by atoms with E-state index >= 15 is 0 Å². The fourth-order valence-electron chi connectivity index (χ4n) is 6.52. The van der Waals surface area contributed by atoms with Crippen LogP contribution in [0.15, 0.2) is 11.8 Å². The minimum atomic E-state index is -0.246. The number of aliphatic hydroxyl groups is 1. The Hall–Kier alpha value is -1.12. The van der Waals surface area contributed by atoms with E-state index in [0.29, 0.717) is 35.7 Å². The van der Waals surface area contributed by atoms with Gasteiger partial charge in [-0.15, -0.1) is 0 Å². The van der Waals surface area contributed by atoms with Crippen LogP contribution in [0.4, 0.5) is 0 Å². The third kappa shape index (κ3) is 1.63. The predicted octanol–water partition coefficient (Wildman–Crippen LogP) is 3.83. The van der Waals surface area contributed by atoms with Crippen LogP contribution < -0.4 is 0 Å². The average molecular weight is 302 g/mol. The molecule has 1 unspecified atom stereocenters. The molecule has 0 spiro atoms. The quantitative estimate of drug-likeness (QED) is 0.740. The Morgan fingerprint density at radius 1 is 1.09 bits per heavy atom. The topological polar surface area (TPSA) is 54.4 Å². The first-order valence-electron chi connectivity index (χ1n) is 8.84. The van der Waals surface area contributed by atoms with Gasteiger partial charge >= 0.3 is 0 Å². The molecule has 4 rings (SSSR count). The van der Waals surface area contributed by atoms with Crippen molar-refractivity contribution < 1.29 is 14.7 Å². The summed E-state index contributed by atoms with van der Waals surface area (Å²) in [5.74, 6) is 2.60. The van der Waals surface area contributed by atoms with Crippen LogP contribution in [0.3, 0.4) is 0 Å². The molecule has 0 amide bonds. The summed E-state index contributed by atoms with van der Waals surface area (Å²) in [7, 11) is 0. The molecule has 0 aromatic rings. The van der Waals surface area contributed by atoms with Crippen LogP contribution in [0.1, 0.15) is 58.8 Å². The molecule has 0 heterocycles. The van der Waals surface area contributed by atoms with Gasteiger partial charge in [0.25, 0.3) is 0 Å². The molecule has 0 radical (unpaired) electrons. The van der Waals surface area contributed by atoms with E-state index in [1.807, 2.05) is 0 Å². The molecule has 0 aromatic heterocycles. The highest BCUT2D eigenvalue weighted by atomic mass is 16.3. The van der Waals surface area contributed by atoms with Crippen molar-refractivity contribution in [1.82, 2.24) is 0 Å². The maximum atomic E-state index is 12.4. The average Bonchev–Trinajstić information content (AvgIpc) is 2.77. The maximum Gasteiger partial charge on any atom is 0.159 e. The van der Waals surface area contributed by atoms with E-state index in [4.69, 9.17) is 0 Å². The first-order chi connectivity index (χ1) is 10.4. The first-order valence-corrected chi connectivity index (χ1v) is 8.84. The molecule has 0 aromatic carbocycles. The van der Waals surface area contributed by atoms with Gasteiger partial charge < -0.3 is 5.11 Å². The molecule has 6 atom stereocenters. The molecule has 4 aliphatic rings.